The molecule has 3 N–H and O–H groups in total. The van der Waals surface area contributed by atoms with Crippen LogP contribution in [0.5, 0.6) is 0 Å². The number of amidine groups is 1. The number of benzene rings is 1. The Labute approximate surface area is 211 Å². The van der Waals surface area contributed by atoms with Crippen molar-refractivity contribution in [2.75, 3.05) is 38.1 Å². The molecule has 1 amide bonds. The van der Waals surface area contributed by atoms with E-state index in [9.17, 15) is 18.8 Å². The number of ether oxygens (including phenoxy) is 1. The Kier molecular flexibility index (Phi) is 9.01. The summed E-state index contributed by atoms with van der Waals surface area (Å²) in [5.41, 5.74) is 2.42. The van der Waals surface area contributed by atoms with Crippen LogP contribution < -0.4 is 5.32 Å². The maximum Gasteiger partial charge on any atom is 0.409 e. The van der Waals surface area contributed by atoms with E-state index in [1.807, 2.05) is 0 Å². The predicted octanol–water partition coefficient (Wildman–Crippen LogP) is 4.07. The van der Waals surface area contributed by atoms with Gasteiger partial charge in [-0.15, -0.1) is 11.3 Å². The highest BCUT2D eigenvalue weighted by Gasteiger charge is 2.28. The normalized spacial score (nSPS) is 14.5. The fourth-order valence-corrected chi connectivity index (χ4v) is 4.58. The molecule has 0 unspecified atom stereocenters. The topological polar surface area (TPSA) is 132 Å². The fourth-order valence-electron chi connectivity index (χ4n) is 3.57. The van der Waals surface area contributed by atoms with Crippen LogP contribution in [0, 0.1) is 5.82 Å². The van der Waals surface area contributed by atoms with Crippen LogP contribution in [0.2, 0.25) is 0 Å². The Hall–Kier alpha value is -3.93. The first kappa shape index (κ1) is 26.7. The van der Waals surface area contributed by atoms with Gasteiger partial charge in [-0.25, -0.2) is 23.8 Å². The van der Waals surface area contributed by atoms with Crippen LogP contribution in [0.25, 0.3) is 0 Å². The van der Waals surface area contributed by atoms with Gasteiger partial charge in [0.25, 0.3) is 0 Å². The minimum atomic E-state index is -1.26. The summed E-state index contributed by atoms with van der Waals surface area (Å²) in [7, 11) is 0. The molecule has 0 bridgehead atoms. The van der Waals surface area contributed by atoms with E-state index in [1.165, 1.54) is 17.0 Å². The summed E-state index contributed by atoms with van der Waals surface area (Å²) >= 11 is 1.70. The van der Waals surface area contributed by atoms with E-state index < -0.39 is 11.9 Å². The number of aryl methyl sites for hydroxylation is 1. The van der Waals surface area contributed by atoms with Crippen molar-refractivity contribution in [2.24, 2.45) is 4.99 Å². The fraction of sp³-hybridized carbons (Fsp3) is 0.333. The van der Waals surface area contributed by atoms with Crippen LogP contribution in [0.3, 0.4) is 0 Å². The molecule has 192 valence electrons. The van der Waals surface area contributed by atoms with Crippen molar-refractivity contribution in [3.8, 4) is 0 Å². The van der Waals surface area contributed by atoms with Crippen LogP contribution in [0.4, 0.5) is 25.6 Å². The first-order valence-corrected chi connectivity index (χ1v) is 12.1. The molecule has 0 saturated carbocycles. The van der Waals surface area contributed by atoms with Gasteiger partial charge in [0.1, 0.15) is 16.7 Å². The van der Waals surface area contributed by atoms with E-state index in [1.54, 1.807) is 29.2 Å². The molecule has 2 aliphatic heterocycles. The van der Waals surface area contributed by atoms with Gasteiger partial charge in [-0.2, -0.15) is 0 Å². The number of nitrogens with zero attached hydrogens (tertiary/aromatic N) is 3. The van der Waals surface area contributed by atoms with Crippen molar-refractivity contribution in [1.82, 2.24) is 9.80 Å². The van der Waals surface area contributed by atoms with Crippen molar-refractivity contribution >= 4 is 51.6 Å². The number of nitrogens with one attached hydrogen (secondary N) is 1. The average molecular weight is 519 g/mol. The number of thiophene rings is 1. The molecule has 4 rings (SSSR count). The Morgan fingerprint density at radius 3 is 2.36 bits per heavy atom. The Bertz CT molecular complexity index is 1170. The van der Waals surface area contributed by atoms with Gasteiger partial charge in [0.2, 0.25) is 0 Å². The number of carboxylic acids is 2. The number of amides is 1. The van der Waals surface area contributed by atoms with Crippen molar-refractivity contribution < 1.29 is 33.7 Å². The number of hydrogen-bond donors (Lipinski definition) is 3. The molecule has 1 aromatic heterocycles. The average Bonchev–Trinajstić information content (AvgIpc) is 3.19. The van der Waals surface area contributed by atoms with Crippen LogP contribution in [0.15, 0.2) is 41.4 Å². The quantitative estimate of drug-likeness (QED) is 0.516. The lowest BCUT2D eigenvalue weighted by molar-refractivity contribution is -0.134. The van der Waals surface area contributed by atoms with Gasteiger partial charge in [-0.05, 0) is 31.5 Å². The third kappa shape index (κ3) is 6.81. The number of carboxylic acid groups (broad SMARTS) is 2. The van der Waals surface area contributed by atoms with E-state index in [0.29, 0.717) is 50.6 Å². The van der Waals surface area contributed by atoms with E-state index in [2.05, 4.69) is 23.2 Å². The number of anilines is 2. The summed E-state index contributed by atoms with van der Waals surface area (Å²) in [6.45, 7) is 6.75. The number of fused-ring (bicyclic) bond motifs is 2. The lowest BCUT2D eigenvalue weighted by Gasteiger charge is -2.35. The maximum absolute atomic E-state index is 13.8. The van der Waals surface area contributed by atoms with E-state index in [4.69, 9.17) is 19.9 Å². The summed E-state index contributed by atoms with van der Waals surface area (Å²) in [6, 6.07) is 6.78. The molecule has 3 heterocycles. The molecule has 1 saturated heterocycles. The second-order valence-electron chi connectivity index (χ2n) is 7.71. The molecule has 12 heteroatoms. The van der Waals surface area contributed by atoms with Gasteiger partial charge >= 0.3 is 18.0 Å². The van der Waals surface area contributed by atoms with Crippen molar-refractivity contribution in [1.29, 1.82) is 0 Å². The van der Waals surface area contributed by atoms with Crippen molar-refractivity contribution in [3.63, 3.8) is 0 Å². The molecule has 0 spiro atoms. The molecule has 2 aliphatic rings. The molecule has 1 aromatic carbocycles. The van der Waals surface area contributed by atoms with Gasteiger partial charge in [0, 0.05) is 49.3 Å². The highest BCUT2D eigenvalue weighted by molar-refractivity contribution is 7.16. The van der Waals surface area contributed by atoms with Gasteiger partial charge in [-0.3, -0.25) is 0 Å². The summed E-state index contributed by atoms with van der Waals surface area (Å²) in [5, 5.41) is 20.1. The molecular formula is C24H27FN4O6S. The Morgan fingerprint density at radius 2 is 1.78 bits per heavy atom. The lowest BCUT2D eigenvalue weighted by Crippen LogP contribution is -2.50. The third-order valence-electron chi connectivity index (χ3n) is 5.28. The Morgan fingerprint density at radius 1 is 1.11 bits per heavy atom. The molecule has 10 nitrogen and oxygen atoms in total. The molecule has 0 atom stereocenters. The number of carbonyl (C=O) groups is 3. The summed E-state index contributed by atoms with van der Waals surface area (Å²) in [4.78, 5) is 41.1. The standard InChI is InChI=1S/C20H23FN4O2S.C4H4O4/c1-3-14-12-15-18(24-7-9-25(10-8-24)20(26)27-4-2)22-17-11-13(21)5-6-16(17)23-19(15)28-14;5-3(6)1-2-4(7)8/h5-6,11-12,23H,3-4,7-10H2,1-2H3;1-2H,(H,5,6)(H,7,8)/b;2-1-. The monoisotopic (exact) mass is 518 g/mol. The first-order chi connectivity index (χ1) is 17.2. The number of halogens is 1. The van der Waals surface area contributed by atoms with Crippen molar-refractivity contribution in [3.05, 3.63) is 52.7 Å². The molecule has 36 heavy (non-hydrogen) atoms. The largest absolute Gasteiger partial charge is 0.478 e. The van der Waals surface area contributed by atoms with Crippen LogP contribution in [-0.4, -0.2) is 76.7 Å². The first-order valence-electron chi connectivity index (χ1n) is 11.3. The molecule has 2 aromatic rings. The lowest BCUT2D eigenvalue weighted by atomic mass is 10.2. The smallest absolute Gasteiger partial charge is 0.409 e. The minimum absolute atomic E-state index is 0.275. The number of hydrogen-bond acceptors (Lipinski definition) is 8. The van der Waals surface area contributed by atoms with Crippen LogP contribution in [-0.2, 0) is 20.7 Å². The molecular weight excluding hydrogens is 491 g/mol. The van der Waals surface area contributed by atoms with Crippen LogP contribution in [0.1, 0.15) is 24.3 Å². The highest BCUT2D eigenvalue weighted by atomic mass is 32.1. The van der Waals surface area contributed by atoms with Gasteiger partial charge in [0.15, 0.2) is 0 Å². The van der Waals surface area contributed by atoms with Crippen LogP contribution >= 0.6 is 11.3 Å². The zero-order valence-electron chi connectivity index (χ0n) is 19.9. The summed E-state index contributed by atoms with van der Waals surface area (Å²) in [6.07, 6.45) is 1.79. The second kappa shape index (κ2) is 12.2. The number of piperazine rings is 1. The number of aliphatic carboxylic acids is 2. The van der Waals surface area contributed by atoms with E-state index in [0.717, 1.165) is 28.5 Å². The van der Waals surface area contributed by atoms with Gasteiger partial charge in [0.05, 0.1) is 23.5 Å². The van der Waals surface area contributed by atoms with Gasteiger partial charge in [-0.1, -0.05) is 6.92 Å². The van der Waals surface area contributed by atoms with Crippen molar-refractivity contribution in [2.45, 2.75) is 20.3 Å². The Balaban J connectivity index is 0.000000392. The van der Waals surface area contributed by atoms with E-state index >= 15 is 0 Å². The summed E-state index contributed by atoms with van der Waals surface area (Å²) in [5.74, 6) is -2.00. The number of aliphatic imine (C=N–C) groups is 1. The predicted molar refractivity (Wildman–Crippen MR) is 134 cm³/mol. The minimum Gasteiger partial charge on any atom is -0.478 e. The zero-order chi connectivity index (χ0) is 26.2. The second-order valence-corrected chi connectivity index (χ2v) is 8.85. The number of rotatable bonds is 4. The third-order valence-corrected chi connectivity index (χ3v) is 6.48. The molecule has 1 fully saturated rings. The summed E-state index contributed by atoms with van der Waals surface area (Å²) < 4.78 is 18.9. The number of carbonyl (C=O) groups excluding carboxylic acids is 1. The SMILES string of the molecule is CCOC(=O)N1CCN(C2=Nc3cc(F)ccc3Nc3sc(CC)cc32)CC1.O=C(O)/C=C\C(=O)O. The molecule has 0 aliphatic carbocycles. The zero-order valence-corrected chi connectivity index (χ0v) is 20.7. The molecule has 0 radical (unpaired) electrons. The van der Waals surface area contributed by atoms with E-state index in [-0.39, 0.29) is 11.9 Å². The maximum atomic E-state index is 13.8. The highest BCUT2D eigenvalue weighted by Crippen LogP contribution is 2.40. The van der Waals surface area contributed by atoms with Gasteiger partial charge < -0.3 is 30.1 Å².